The van der Waals surface area contributed by atoms with Crippen molar-refractivity contribution in [1.82, 2.24) is 49.8 Å². The molecule has 0 unspecified atom stereocenters. The van der Waals surface area contributed by atoms with Gasteiger partial charge in [-0.3, -0.25) is 9.36 Å². The van der Waals surface area contributed by atoms with Crippen molar-refractivity contribution in [3.8, 4) is 45.8 Å². The molecule has 6 heterocycles. The highest BCUT2D eigenvalue weighted by atomic mass is 19.1. The van der Waals surface area contributed by atoms with Gasteiger partial charge in [0, 0.05) is 48.0 Å². The van der Waals surface area contributed by atoms with Crippen LogP contribution in [-0.2, 0) is 13.1 Å². The molecule has 0 aliphatic carbocycles. The molecule has 12 nitrogen and oxygen atoms in total. The Kier molecular flexibility index (Phi) is 8.77. The predicted octanol–water partition coefficient (Wildman–Crippen LogP) is 6.50. The van der Waals surface area contributed by atoms with Crippen molar-refractivity contribution in [3.05, 3.63) is 145 Å². The van der Waals surface area contributed by atoms with Crippen molar-refractivity contribution in [2.75, 3.05) is 0 Å². The molecule has 0 spiro atoms. The molecule has 8 rings (SSSR count). The zero-order chi connectivity index (χ0) is 33.6. The topological polar surface area (TPSA) is 139 Å². The molecule has 8 aromatic rings. The van der Waals surface area contributed by atoms with Crippen LogP contribution >= 0.6 is 0 Å². The van der Waals surface area contributed by atoms with E-state index in [1.807, 2.05) is 6.07 Å². The lowest BCUT2D eigenvalue weighted by atomic mass is 10.2. The molecule has 0 aliphatic rings. The molecular formula is C34H23F3N10O2. The molecule has 0 N–H and O–H groups in total. The van der Waals surface area contributed by atoms with Crippen LogP contribution in [0.4, 0.5) is 13.2 Å². The standard InChI is InChI=1S/C17H11F2N5O.C17H12FN5O/c18-12-5-2-1-4-11(12)10-24-16(13-6-9-25-23-13)14(19)15(22-24)17-20-7-3-8-21-17;18-13-5-2-1-4-12(13)11-23-16(14-6-9-24-22-14)10-15(21-23)17-19-7-3-8-20-17/h1-9H,10H2;1-10H,11H2. The van der Waals surface area contributed by atoms with Crippen LogP contribution in [-0.4, -0.2) is 49.8 Å². The number of halogens is 3. The van der Waals surface area contributed by atoms with E-state index in [1.165, 1.54) is 47.8 Å². The minimum atomic E-state index is -0.642. The maximum absolute atomic E-state index is 15.0. The quantitative estimate of drug-likeness (QED) is 0.177. The van der Waals surface area contributed by atoms with Gasteiger partial charge in [-0.25, -0.2) is 33.1 Å². The molecule has 0 fully saturated rings. The molecule has 0 bridgehead atoms. The normalized spacial score (nSPS) is 10.9. The molecular weight excluding hydrogens is 637 g/mol. The third-order valence-electron chi connectivity index (χ3n) is 7.18. The van der Waals surface area contributed by atoms with Gasteiger partial charge in [-0.15, -0.1) is 0 Å². The van der Waals surface area contributed by atoms with Gasteiger partial charge in [0.25, 0.3) is 0 Å². The van der Waals surface area contributed by atoms with E-state index in [0.29, 0.717) is 34.0 Å². The molecule has 0 aliphatic heterocycles. The molecule has 15 heteroatoms. The van der Waals surface area contributed by atoms with E-state index in [1.54, 1.807) is 71.7 Å². The lowest BCUT2D eigenvalue weighted by Crippen LogP contribution is -2.06. The summed E-state index contributed by atoms with van der Waals surface area (Å²) >= 11 is 0. The second kappa shape index (κ2) is 13.9. The molecule has 0 amide bonds. The van der Waals surface area contributed by atoms with Crippen molar-refractivity contribution in [2.24, 2.45) is 0 Å². The van der Waals surface area contributed by atoms with E-state index in [-0.39, 0.29) is 41.8 Å². The number of nitrogens with zero attached hydrogens (tertiary/aromatic N) is 10. The number of rotatable bonds is 8. The van der Waals surface area contributed by atoms with E-state index < -0.39 is 11.6 Å². The van der Waals surface area contributed by atoms with E-state index >= 15 is 4.39 Å². The summed E-state index contributed by atoms with van der Waals surface area (Å²) < 4.78 is 55.7. The fraction of sp³-hybridized carbons (Fsp3) is 0.0588. The molecule has 0 radical (unpaired) electrons. The van der Waals surface area contributed by atoms with Gasteiger partial charge in [-0.2, -0.15) is 10.2 Å². The van der Waals surface area contributed by atoms with E-state index in [4.69, 9.17) is 9.05 Å². The van der Waals surface area contributed by atoms with E-state index in [0.717, 1.165) is 0 Å². The summed E-state index contributed by atoms with van der Waals surface area (Å²) in [5.74, 6) is -0.693. The van der Waals surface area contributed by atoms with Crippen LogP contribution in [0.5, 0.6) is 0 Å². The van der Waals surface area contributed by atoms with Crippen LogP contribution in [0.1, 0.15) is 11.1 Å². The lowest BCUT2D eigenvalue weighted by Gasteiger charge is -2.06. The zero-order valence-corrected chi connectivity index (χ0v) is 25.3. The van der Waals surface area contributed by atoms with Crippen LogP contribution in [0.2, 0.25) is 0 Å². The van der Waals surface area contributed by atoms with Crippen LogP contribution in [0.15, 0.2) is 125 Å². The van der Waals surface area contributed by atoms with Gasteiger partial charge in [0.05, 0.1) is 18.8 Å². The average Bonchev–Trinajstić information content (AvgIpc) is 3.96. The lowest BCUT2D eigenvalue weighted by molar-refractivity contribution is 0.421. The van der Waals surface area contributed by atoms with Gasteiger partial charge >= 0.3 is 0 Å². The minimum Gasteiger partial charge on any atom is -0.364 e. The maximum atomic E-state index is 15.0. The summed E-state index contributed by atoms with van der Waals surface area (Å²) in [5.41, 5.74) is 3.11. The van der Waals surface area contributed by atoms with Crippen molar-refractivity contribution in [3.63, 3.8) is 0 Å². The zero-order valence-electron chi connectivity index (χ0n) is 25.3. The maximum Gasteiger partial charge on any atom is 0.183 e. The summed E-state index contributed by atoms with van der Waals surface area (Å²) in [6.07, 6.45) is 9.09. The van der Waals surface area contributed by atoms with Crippen molar-refractivity contribution in [2.45, 2.75) is 13.1 Å². The second-order valence-corrected chi connectivity index (χ2v) is 10.3. The summed E-state index contributed by atoms with van der Waals surface area (Å²) in [6.45, 7) is 0.292. The molecule has 2 aromatic carbocycles. The monoisotopic (exact) mass is 660 g/mol. The molecule has 6 aromatic heterocycles. The minimum absolute atomic E-state index is 0.0264. The van der Waals surface area contributed by atoms with Gasteiger partial charge in [-0.05, 0) is 30.3 Å². The first kappa shape index (κ1) is 30.9. The number of hydrogen-bond donors (Lipinski definition) is 0. The Morgan fingerprint density at radius 1 is 0.551 bits per heavy atom. The first-order chi connectivity index (χ1) is 24.0. The van der Waals surface area contributed by atoms with E-state index in [9.17, 15) is 8.78 Å². The van der Waals surface area contributed by atoms with Gasteiger partial charge in [-0.1, -0.05) is 46.7 Å². The molecule has 242 valence electrons. The van der Waals surface area contributed by atoms with Gasteiger partial charge in [0.15, 0.2) is 23.2 Å². The Hall–Kier alpha value is -6.77. The van der Waals surface area contributed by atoms with Crippen LogP contribution < -0.4 is 0 Å². The largest absolute Gasteiger partial charge is 0.364 e. The summed E-state index contributed by atoms with van der Waals surface area (Å²) in [4.78, 5) is 16.5. The highest BCUT2D eigenvalue weighted by Gasteiger charge is 2.24. The third kappa shape index (κ3) is 6.71. The van der Waals surface area contributed by atoms with Crippen LogP contribution in [0.3, 0.4) is 0 Å². The van der Waals surface area contributed by atoms with Crippen molar-refractivity contribution in [1.29, 1.82) is 0 Å². The number of aromatic nitrogens is 10. The fourth-order valence-corrected chi connectivity index (χ4v) is 4.90. The fourth-order valence-electron chi connectivity index (χ4n) is 4.90. The van der Waals surface area contributed by atoms with Gasteiger partial charge in [0.2, 0.25) is 0 Å². The molecule has 0 atom stereocenters. The van der Waals surface area contributed by atoms with Gasteiger partial charge in [0.1, 0.15) is 46.9 Å². The number of hydrogen-bond acceptors (Lipinski definition) is 10. The van der Waals surface area contributed by atoms with Crippen molar-refractivity contribution >= 4 is 0 Å². The summed E-state index contributed by atoms with van der Waals surface area (Å²) in [7, 11) is 0. The predicted molar refractivity (Wildman–Crippen MR) is 168 cm³/mol. The van der Waals surface area contributed by atoms with Crippen LogP contribution in [0.25, 0.3) is 45.8 Å². The molecule has 0 saturated heterocycles. The first-order valence-electron chi connectivity index (χ1n) is 14.7. The highest BCUT2D eigenvalue weighted by Crippen LogP contribution is 2.29. The smallest absolute Gasteiger partial charge is 0.183 e. The second-order valence-electron chi connectivity index (χ2n) is 10.3. The molecule has 0 saturated carbocycles. The highest BCUT2D eigenvalue weighted by molar-refractivity contribution is 5.64. The third-order valence-corrected chi connectivity index (χ3v) is 7.18. The Morgan fingerprint density at radius 2 is 1.10 bits per heavy atom. The Labute approximate surface area is 275 Å². The van der Waals surface area contributed by atoms with Gasteiger partial charge < -0.3 is 9.05 Å². The summed E-state index contributed by atoms with van der Waals surface area (Å²) in [5, 5.41) is 16.5. The average molecular weight is 661 g/mol. The molecule has 49 heavy (non-hydrogen) atoms. The number of benzene rings is 2. The Balaban J connectivity index is 0.000000154. The first-order valence-corrected chi connectivity index (χ1v) is 14.7. The van der Waals surface area contributed by atoms with Crippen LogP contribution in [0, 0.1) is 17.5 Å². The SMILES string of the molecule is Fc1ccccc1Cn1nc(-c2ncccn2)c(F)c1-c1ccon1.Fc1ccccc1Cn1nc(-c2ncccn2)cc1-c1ccon1. The Morgan fingerprint density at radius 3 is 1.67 bits per heavy atom. The van der Waals surface area contributed by atoms with Crippen molar-refractivity contribution < 1.29 is 22.2 Å². The Bertz CT molecular complexity index is 2270. The van der Waals surface area contributed by atoms with E-state index in [2.05, 4.69) is 40.4 Å². The summed E-state index contributed by atoms with van der Waals surface area (Å²) in [6, 6.07) is 21.2.